The first kappa shape index (κ1) is 16.9. The molecule has 0 amide bonds. The average molecular weight is 315 g/mol. The molecule has 0 saturated heterocycles. The Bertz CT molecular complexity index is 518. The second-order valence-electron chi connectivity index (χ2n) is 3.50. The Kier molecular flexibility index (Phi) is 5.28. The van der Waals surface area contributed by atoms with Crippen molar-refractivity contribution in [3.05, 3.63) is 17.3 Å². The first-order valence-electron chi connectivity index (χ1n) is 5.49. The molecule has 5 nitrogen and oxygen atoms in total. The van der Waals surface area contributed by atoms with E-state index < -0.39 is 41.6 Å². The lowest BCUT2D eigenvalue weighted by molar-refractivity contribution is -0.275. The van der Waals surface area contributed by atoms with Crippen LogP contribution >= 0.6 is 0 Å². The van der Waals surface area contributed by atoms with Crippen LogP contribution in [0.2, 0.25) is 0 Å². The third kappa shape index (κ3) is 4.43. The molecule has 1 heterocycles. The van der Waals surface area contributed by atoms with Gasteiger partial charge >= 0.3 is 12.3 Å². The highest BCUT2D eigenvalue weighted by Crippen LogP contribution is 2.35. The smallest absolute Gasteiger partial charge is 0.480 e. The molecular formula is C11H10F5NO4. The van der Waals surface area contributed by atoms with Gasteiger partial charge in [-0.2, -0.15) is 0 Å². The molecule has 0 aliphatic heterocycles. The summed E-state index contributed by atoms with van der Waals surface area (Å²) >= 11 is 0. The van der Waals surface area contributed by atoms with Gasteiger partial charge in [0.05, 0.1) is 13.7 Å². The molecule has 21 heavy (non-hydrogen) atoms. The van der Waals surface area contributed by atoms with Crippen molar-refractivity contribution >= 4 is 5.97 Å². The Hall–Kier alpha value is -2.13. The molecule has 0 atom stereocenters. The Labute approximate surface area is 115 Å². The highest BCUT2D eigenvalue weighted by molar-refractivity contribution is 5.92. The van der Waals surface area contributed by atoms with Crippen molar-refractivity contribution in [3.63, 3.8) is 0 Å². The molecule has 0 unspecified atom stereocenters. The summed E-state index contributed by atoms with van der Waals surface area (Å²) in [5.74, 6) is -2.95. The summed E-state index contributed by atoms with van der Waals surface area (Å²) in [6.07, 6.45) is -8.57. The Morgan fingerprint density at radius 2 is 2.00 bits per heavy atom. The fraction of sp³-hybridized carbons (Fsp3) is 0.455. The minimum Gasteiger partial charge on any atom is -0.480 e. The van der Waals surface area contributed by atoms with Crippen LogP contribution < -0.4 is 9.47 Å². The highest BCUT2D eigenvalue weighted by Gasteiger charge is 2.35. The number of ether oxygens (including phenoxy) is 3. The normalized spacial score (nSPS) is 11.4. The van der Waals surface area contributed by atoms with Crippen molar-refractivity contribution in [2.75, 3.05) is 13.7 Å². The zero-order chi connectivity index (χ0) is 16.2. The third-order valence-electron chi connectivity index (χ3n) is 2.10. The van der Waals surface area contributed by atoms with Crippen molar-refractivity contribution in [1.29, 1.82) is 0 Å². The SMILES string of the molecule is CCOC(=O)c1cc(OC(F)(F)F)c(C(F)F)nc1OC. The van der Waals surface area contributed by atoms with Crippen molar-refractivity contribution in [1.82, 2.24) is 4.98 Å². The quantitative estimate of drug-likeness (QED) is 0.617. The average Bonchev–Trinajstić information content (AvgIpc) is 2.36. The third-order valence-corrected chi connectivity index (χ3v) is 2.10. The standard InChI is InChI=1S/C11H10F5NO4/c1-3-20-10(18)5-4-6(21-11(14,15)16)7(8(12)13)17-9(5)19-2/h4,8H,3H2,1-2H3. The zero-order valence-corrected chi connectivity index (χ0v) is 10.8. The number of hydrogen-bond acceptors (Lipinski definition) is 5. The molecule has 0 fully saturated rings. The number of aromatic nitrogens is 1. The maximum absolute atomic E-state index is 12.7. The summed E-state index contributed by atoms with van der Waals surface area (Å²) in [7, 11) is 1.02. The van der Waals surface area contributed by atoms with Gasteiger partial charge in [0, 0.05) is 6.07 Å². The lowest BCUT2D eigenvalue weighted by atomic mass is 10.2. The fourth-order valence-electron chi connectivity index (χ4n) is 1.36. The fourth-order valence-corrected chi connectivity index (χ4v) is 1.36. The minimum absolute atomic E-state index is 0.0753. The lowest BCUT2D eigenvalue weighted by Gasteiger charge is -2.15. The van der Waals surface area contributed by atoms with Gasteiger partial charge in [0.15, 0.2) is 11.4 Å². The van der Waals surface area contributed by atoms with E-state index in [1.54, 1.807) is 0 Å². The molecule has 0 bridgehead atoms. The van der Waals surface area contributed by atoms with Crippen LogP contribution in [0.3, 0.4) is 0 Å². The molecule has 1 aromatic heterocycles. The zero-order valence-electron chi connectivity index (χ0n) is 10.8. The summed E-state index contributed by atoms with van der Waals surface area (Å²) in [4.78, 5) is 14.7. The van der Waals surface area contributed by atoms with Gasteiger partial charge in [-0.05, 0) is 6.92 Å². The maximum atomic E-state index is 12.7. The molecule has 0 aliphatic rings. The Balaban J connectivity index is 3.38. The van der Waals surface area contributed by atoms with Crippen molar-refractivity contribution in [2.45, 2.75) is 19.7 Å². The van der Waals surface area contributed by atoms with E-state index in [9.17, 15) is 26.7 Å². The predicted molar refractivity (Wildman–Crippen MR) is 58.4 cm³/mol. The van der Waals surface area contributed by atoms with Gasteiger partial charge in [0.25, 0.3) is 6.43 Å². The van der Waals surface area contributed by atoms with E-state index in [2.05, 4.69) is 19.2 Å². The van der Waals surface area contributed by atoms with E-state index in [0.717, 1.165) is 7.11 Å². The molecule has 118 valence electrons. The van der Waals surface area contributed by atoms with E-state index in [-0.39, 0.29) is 6.61 Å². The number of pyridine rings is 1. The topological polar surface area (TPSA) is 57.7 Å². The summed E-state index contributed by atoms with van der Waals surface area (Å²) in [6.45, 7) is 1.38. The number of halogens is 5. The predicted octanol–water partition coefficient (Wildman–Crippen LogP) is 3.10. The number of nitrogens with zero attached hydrogens (tertiary/aromatic N) is 1. The van der Waals surface area contributed by atoms with Crippen LogP contribution in [0.25, 0.3) is 0 Å². The van der Waals surface area contributed by atoms with Gasteiger partial charge in [-0.1, -0.05) is 0 Å². The van der Waals surface area contributed by atoms with E-state index in [1.807, 2.05) is 0 Å². The first-order valence-corrected chi connectivity index (χ1v) is 5.49. The Morgan fingerprint density at radius 3 is 2.43 bits per heavy atom. The van der Waals surface area contributed by atoms with Crippen LogP contribution in [-0.2, 0) is 4.74 Å². The highest BCUT2D eigenvalue weighted by atomic mass is 19.4. The minimum atomic E-state index is -5.22. The van der Waals surface area contributed by atoms with Crippen LogP contribution in [0.15, 0.2) is 6.07 Å². The summed E-state index contributed by atoms with van der Waals surface area (Å²) in [6, 6.07) is 0.457. The number of carbonyl (C=O) groups is 1. The Morgan fingerprint density at radius 1 is 1.38 bits per heavy atom. The van der Waals surface area contributed by atoms with E-state index in [0.29, 0.717) is 6.07 Å². The summed E-state index contributed by atoms with van der Waals surface area (Å²) in [5, 5.41) is 0. The van der Waals surface area contributed by atoms with Crippen LogP contribution in [0.5, 0.6) is 11.6 Å². The molecule has 0 saturated carbocycles. The summed E-state index contributed by atoms with van der Waals surface area (Å²) < 4.78 is 74.7. The van der Waals surface area contributed by atoms with Gasteiger partial charge in [0.1, 0.15) is 5.56 Å². The number of hydrogen-bond donors (Lipinski definition) is 0. The van der Waals surface area contributed by atoms with Gasteiger partial charge in [-0.15, -0.1) is 13.2 Å². The molecule has 0 aromatic carbocycles. The molecule has 10 heteroatoms. The van der Waals surface area contributed by atoms with Crippen LogP contribution in [0, 0.1) is 0 Å². The second-order valence-corrected chi connectivity index (χ2v) is 3.50. The van der Waals surface area contributed by atoms with Crippen LogP contribution in [0.4, 0.5) is 22.0 Å². The van der Waals surface area contributed by atoms with E-state index in [4.69, 9.17) is 0 Å². The van der Waals surface area contributed by atoms with Crippen LogP contribution in [0.1, 0.15) is 29.4 Å². The molecule has 1 aromatic rings. The first-order chi connectivity index (χ1) is 9.69. The number of methoxy groups -OCH3 is 1. The second kappa shape index (κ2) is 6.55. The molecule has 1 rings (SSSR count). The monoisotopic (exact) mass is 315 g/mol. The number of esters is 1. The molecule has 0 N–H and O–H groups in total. The van der Waals surface area contributed by atoms with Gasteiger partial charge in [-0.3, -0.25) is 0 Å². The largest absolute Gasteiger partial charge is 0.573 e. The van der Waals surface area contributed by atoms with Crippen LogP contribution in [-0.4, -0.2) is 31.0 Å². The lowest BCUT2D eigenvalue weighted by Crippen LogP contribution is -2.20. The number of carbonyl (C=O) groups excluding carboxylic acids is 1. The van der Waals surface area contributed by atoms with Gasteiger partial charge < -0.3 is 14.2 Å². The van der Waals surface area contributed by atoms with E-state index >= 15 is 0 Å². The van der Waals surface area contributed by atoms with E-state index in [1.165, 1.54) is 6.92 Å². The molecule has 0 spiro atoms. The maximum Gasteiger partial charge on any atom is 0.573 e. The van der Waals surface area contributed by atoms with Gasteiger partial charge in [-0.25, -0.2) is 18.6 Å². The molecular weight excluding hydrogens is 305 g/mol. The van der Waals surface area contributed by atoms with Crippen molar-refractivity contribution < 1.29 is 41.0 Å². The van der Waals surface area contributed by atoms with Gasteiger partial charge in [0.2, 0.25) is 5.88 Å². The molecule has 0 aliphatic carbocycles. The van der Waals surface area contributed by atoms with Crippen molar-refractivity contribution in [3.8, 4) is 11.6 Å². The van der Waals surface area contributed by atoms with Crippen molar-refractivity contribution in [2.24, 2.45) is 0 Å². The summed E-state index contributed by atoms with van der Waals surface area (Å²) in [5.41, 5.74) is -1.85. The number of rotatable bonds is 5. The number of alkyl halides is 5. The molecule has 0 radical (unpaired) electrons.